The van der Waals surface area contributed by atoms with Gasteiger partial charge in [-0.25, -0.2) is 0 Å². The van der Waals surface area contributed by atoms with Crippen molar-refractivity contribution in [2.24, 2.45) is 0 Å². The lowest BCUT2D eigenvalue weighted by molar-refractivity contribution is -0.00696. The summed E-state index contributed by atoms with van der Waals surface area (Å²) >= 11 is 1.23. The number of nitrogens with zero attached hydrogens (tertiary/aromatic N) is 3. The van der Waals surface area contributed by atoms with Crippen molar-refractivity contribution in [1.82, 2.24) is 14.5 Å². The van der Waals surface area contributed by atoms with Gasteiger partial charge < -0.3 is 9.64 Å². The van der Waals surface area contributed by atoms with Gasteiger partial charge in [0, 0.05) is 0 Å². The molecule has 3 heterocycles. The fraction of sp³-hybridized carbons (Fsp3) is 0.750. The van der Waals surface area contributed by atoms with Gasteiger partial charge in [0.2, 0.25) is 0 Å². The summed E-state index contributed by atoms with van der Waals surface area (Å²) in [7, 11) is 0. The van der Waals surface area contributed by atoms with Crippen LogP contribution >= 0.6 is 11.5 Å². The topological polar surface area (TPSA) is 55.3 Å². The Bertz CT molecular complexity index is 432. The number of morpholine rings is 1. The van der Waals surface area contributed by atoms with Crippen molar-refractivity contribution in [1.29, 1.82) is 0 Å². The third-order valence-corrected chi connectivity index (χ3v) is 4.47. The number of carbonyl (C=O) groups excluding carboxylic acids is 1. The predicted octanol–water partition coefficient (Wildman–Crippen LogP) is 1.49. The Labute approximate surface area is 110 Å². The first-order chi connectivity index (χ1) is 8.81. The van der Waals surface area contributed by atoms with Crippen LogP contribution in [0.3, 0.4) is 0 Å². The van der Waals surface area contributed by atoms with E-state index in [0.29, 0.717) is 13.2 Å². The van der Waals surface area contributed by atoms with E-state index in [2.05, 4.69) is 16.5 Å². The highest BCUT2D eigenvalue weighted by molar-refractivity contribution is 7.08. The van der Waals surface area contributed by atoms with E-state index in [4.69, 9.17) is 4.74 Å². The minimum Gasteiger partial charge on any atom is -0.377 e. The lowest BCUT2D eigenvalue weighted by atomic mass is 10.2. The van der Waals surface area contributed by atoms with Gasteiger partial charge in [0.15, 0.2) is 0 Å². The molecule has 0 saturated carbocycles. The average Bonchev–Trinajstić information content (AvgIpc) is 2.92. The van der Waals surface area contributed by atoms with Gasteiger partial charge in [-0.1, -0.05) is 17.8 Å². The number of carbonyl (C=O) groups is 1. The van der Waals surface area contributed by atoms with Crippen molar-refractivity contribution in [3.8, 4) is 0 Å². The number of fused-ring (bicyclic) bond motifs is 2. The highest BCUT2D eigenvalue weighted by Crippen LogP contribution is 2.31. The average molecular weight is 267 g/mol. The van der Waals surface area contributed by atoms with E-state index in [0.717, 1.165) is 36.3 Å². The minimum atomic E-state index is 0.115. The summed E-state index contributed by atoms with van der Waals surface area (Å²) in [6.45, 7) is 3.45. The molecule has 1 aromatic heterocycles. The molecule has 2 saturated heterocycles. The number of rotatable bonds is 3. The molecule has 0 aliphatic carbocycles. The summed E-state index contributed by atoms with van der Waals surface area (Å²) < 4.78 is 9.45. The second-order valence-electron chi connectivity index (χ2n) is 4.93. The molecule has 98 valence electrons. The van der Waals surface area contributed by atoms with Crippen molar-refractivity contribution in [3.05, 3.63) is 10.6 Å². The summed E-state index contributed by atoms with van der Waals surface area (Å²) in [6.07, 6.45) is 3.94. The first-order valence-corrected chi connectivity index (χ1v) is 7.30. The Kier molecular flexibility index (Phi) is 3.30. The Balaban J connectivity index is 1.83. The number of aryl methyl sites for hydroxylation is 1. The standard InChI is InChI=1S/C12H17N3O2S/c1-2-3-10-11(18-14-13-10)12(16)15-8-4-5-9(15)7-17-6-8/h8-9H,2-7H2,1H3/t8-,9-/m0/s1. The maximum atomic E-state index is 12.6. The molecule has 0 spiro atoms. The molecule has 2 aliphatic heterocycles. The van der Waals surface area contributed by atoms with Gasteiger partial charge in [0.25, 0.3) is 5.91 Å². The van der Waals surface area contributed by atoms with Crippen molar-refractivity contribution >= 4 is 17.4 Å². The molecular formula is C12H17N3O2S. The van der Waals surface area contributed by atoms with Crippen LogP contribution in [-0.4, -0.2) is 45.7 Å². The molecule has 0 aromatic carbocycles. The Morgan fingerprint density at radius 2 is 2.17 bits per heavy atom. The Morgan fingerprint density at radius 1 is 1.44 bits per heavy atom. The summed E-state index contributed by atoms with van der Waals surface area (Å²) in [4.78, 5) is 15.4. The number of ether oxygens (including phenoxy) is 1. The van der Waals surface area contributed by atoms with Crippen LogP contribution in [0.5, 0.6) is 0 Å². The smallest absolute Gasteiger partial charge is 0.268 e. The third kappa shape index (κ3) is 1.93. The molecule has 18 heavy (non-hydrogen) atoms. The fourth-order valence-corrected chi connectivity index (χ4v) is 3.50. The lowest BCUT2D eigenvalue weighted by Crippen LogP contribution is -2.49. The molecule has 2 aliphatic rings. The molecule has 0 N–H and O–H groups in total. The monoisotopic (exact) mass is 267 g/mol. The molecule has 0 radical (unpaired) electrons. The molecular weight excluding hydrogens is 250 g/mol. The van der Waals surface area contributed by atoms with E-state index < -0.39 is 0 Å². The molecule has 2 bridgehead atoms. The number of hydrogen-bond donors (Lipinski definition) is 0. The van der Waals surface area contributed by atoms with Crippen LogP contribution in [0.25, 0.3) is 0 Å². The number of aromatic nitrogens is 2. The van der Waals surface area contributed by atoms with Gasteiger partial charge in [0.05, 0.1) is 31.0 Å². The number of hydrogen-bond acceptors (Lipinski definition) is 5. The zero-order chi connectivity index (χ0) is 12.5. The normalized spacial score (nSPS) is 26.6. The van der Waals surface area contributed by atoms with Crippen LogP contribution in [0.1, 0.15) is 41.6 Å². The van der Waals surface area contributed by atoms with Crippen LogP contribution in [0.4, 0.5) is 0 Å². The van der Waals surface area contributed by atoms with E-state index >= 15 is 0 Å². The molecule has 1 amide bonds. The van der Waals surface area contributed by atoms with Crippen LogP contribution in [0, 0.1) is 0 Å². The van der Waals surface area contributed by atoms with Crippen LogP contribution in [0.15, 0.2) is 0 Å². The van der Waals surface area contributed by atoms with E-state index in [1.807, 2.05) is 4.90 Å². The maximum absolute atomic E-state index is 12.6. The molecule has 2 fully saturated rings. The summed E-state index contributed by atoms with van der Waals surface area (Å²) in [5.41, 5.74) is 0.860. The van der Waals surface area contributed by atoms with Gasteiger partial charge >= 0.3 is 0 Å². The van der Waals surface area contributed by atoms with Gasteiger partial charge in [-0.05, 0) is 30.8 Å². The highest BCUT2D eigenvalue weighted by Gasteiger charge is 2.41. The first kappa shape index (κ1) is 12.0. The lowest BCUT2D eigenvalue weighted by Gasteiger charge is -2.34. The van der Waals surface area contributed by atoms with Crippen LogP contribution in [0.2, 0.25) is 0 Å². The summed E-state index contributed by atoms with van der Waals surface area (Å²) in [5.74, 6) is 0.115. The van der Waals surface area contributed by atoms with Crippen molar-refractivity contribution < 1.29 is 9.53 Å². The summed E-state index contributed by atoms with van der Waals surface area (Å²) in [6, 6.07) is 0.514. The predicted molar refractivity (Wildman–Crippen MR) is 67.7 cm³/mol. The minimum absolute atomic E-state index is 0.115. The molecule has 5 nitrogen and oxygen atoms in total. The second-order valence-corrected chi connectivity index (χ2v) is 5.69. The SMILES string of the molecule is CCCc1nnsc1C(=O)N1[C@H]2CC[C@H]1COC2. The second kappa shape index (κ2) is 4.93. The first-order valence-electron chi connectivity index (χ1n) is 6.53. The zero-order valence-corrected chi connectivity index (χ0v) is 11.3. The molecule has 0 unspecified atom stereocenters. The van der Waals surface area contributed by atoms with Crippen LogP contribution in [-0.2, 0) is 11.2 Å². The van der Waals surface area contributed by atoms with E-state index in [1.54, 1.807) is 0 Å². The van der Waals surface area contributed by atoms with Crippen LogP contribution < -0.4 is 0 Å². The van der Waals surface area contributed by atoms with Gasteiger partial charge in [0.1, 0.15) is 4.88 Å². The zero-order valence-electron chi connectivity index (χ0n) is 10.5. The van der Waals surface area contributed by atoms with Gasteiger partial charge in [-0.3, -0.25) is 4.79 Å². The summed E-state index contributed by atoms with van der Waals surface area (Å²) in [5, 5.41) is 4.08. The van der Waals surface area contributed by atoms with Gasteiger partial charge in [-0.2, -0.15) is 0 Å². The maximum Gasteiger partial charge on any atom is 0.268 e. The quantitative estimate of drug-likeness (QED) is 0.832. The molecule has 1 aromatic rings. The van der Waals surface area contributed by atoms with Gasteiger partial charge in [-0.15, -0.1) is 5.10 Å². The molecule has 2 atom stereocenters. The Morgan fingerprint density at radius 3 is 2.83 bits per heavy atom. The van der Waals surface area contributed by atoms with E-state index in [9.17, 15) is 4.79 Å². The number of amides is 1. The largest absolute Gasteiger partial charge is 0.377 e. The third-order valence-electron chi connectivity index (χ3n) is 3.71. The fourth-order valence-electron chi connectivity index (χ4n) is 2.85. The Hall–Kier alpha value is -1.01. The van der Waals surface area contributed by atoms with Crippen molar-refractivity contribution in [2.45, 2.75) is 44.7 Å². The molecule has 3 rings (SSSR count). The van der Waals surface area contributed by atoms with E-state index in [1.165, 1.54) is 11.5 Å². The molecule has 6 heteroatoms. The van der Waals surface area contributed by atoms with Crippen molar-refractivity contribution in [2.75, 3.05) is 13.2 Å². The van der Waals surface area contributed by atoms with Crippen molar-refractivity contribution in [3.63, 3.8) is 0 Å². The highest BCUT2D eigenvalue weighted by atomic mass is 32.1. The van der Waals surface area contributed by atoms with E-state index in [-0.39, 0.29) is 18.0 Å².